The number of unbranched alkanes of at least 4 members (excludes halogenated alkanes) is 54. The lowest BCUT2D eigenvalue weighted by molar-refractivity contribution is -0.123. The fraction of sp³-hybridized carbons (Fsp3) is 0.984. The summed E-state index contributed by atoms with van der Waals surface area (Å²) in [5.41, 5.74) is 0. The molecule has 0 aromatic heterocycles. The minimum Gasteiger partial charge on any atom is -0.394 e. The van der Waals surface area contributed by atoms with Gasteiger partial charge >= 0.3 is 0 Å². The van der Waals surface area contributed by atoms with Crippen molar-refractivity contribution in [1.29, 1.82) is 0 Å². The summed E-state index contributed by atoms with van der Waals surface area (Å²) in [4.78, 5) is 12.5. The molecule has 4 nitrogen and oxygen atoms in total. The molecule has 0 radical (unpaired) electrons. The molecule has 0 aliphatic heterocycles. The van der Waals surface area contributed by atoms with E-state index < -0.39 is 12.1 Å². The van der Waals surface area contributed by atoms with E-state index in [2.05, 4.69) is 19.2 Å². The first kappa shape index (κ1) is 67.4. The molecule has 0 aliphatic rings. The molecule has 0 saturated heterocycles. The molecule has 408 valence electrons. The quantitative estimate of drug-likeness (QED) is 0.0532. The van der Waals surface area contributed by atoms with Crippen LogP contribution in [0.4, 0.5) is 0 Å². The van der Waals surface area contributed by atoms with Crippen LogP contribution in [-0.2, 0) is 4.79 Å². The summed E-state index contributed by atoms with van der Waals surface area (Å²) in [6.45, 7) is 4.41. The third-order valence-corrected chi connectivity index (χ3v) is 15.6. The Kier molecular flexibility index (Phi) is 60.1. The van der Waals surface area contributed by atoms with E-state index in [1.807, 2.05) is 0 Å². The second kappa shape index (κ2) is 60.7. The van der Waals surface area contributed by atoms with Gasteiger partial charge in [0.05, 0.1) is 18.8 Å². The van der Waals surface area contributed by atoms with Crippen LogP contribution in [0.5, 0.6) is 0 Å². The van der Waals surface area contributed by atoms with Crippen LogP contribution < -0.4 is 5.32 Å². The Morgan fingerprint density at radius 3 is 0.662 bits per heavy atom. The van der Waals surface area contributed by atoms with Gasteiger partial charge in [0.25, 0.3) is 0 Å². The van der Waals surface area contributed by atoms with Gasteiger partial charge < -0.3 is 15.5 Å². The van der Waals surface area contributed by atoms with Crippen LogP contribution in [0.25, 0.3) is 0 Å². The van der Waals surface area contributed by atoms with Gasteiger partial charge in [-0.1, -0.05) is 367 Å². The summed E-state index contributed by atoms with van der Waals surface area (Å²) in [6.07, 6.45) is 78.6. The van der Waals surface area contributed by atoms with Crippen LogP contribution in [0.1, 0.15) is 386 Å². The molecule has 4 heteroatoms. The Balaban J connectivity index is 3.34. The van der Waals surface area contributed by atoms with Gasteiger partial charge in [-0.05, 0) is 12.8 Å². The van der Waals surface area contributed by atoms with E-state index in [1.165, 1.54) is 334 Å². The highest BCUT2D eigenvalue weighted by Crippen LogP contribution is 2.19. The predicted octanol–water partition coefficient (Wildman–Crippen LogP) is 21.5. The Hall–Kier alpha value is -0.610. The standard InChI is InChI=1S/C64H129NO3/c1-3-5-7-9-11-13-15-17-19-21-23-25-26-27-28-29-30-31-32-33-34-35-36-37-38-39-40-42-44-46-48-50-52-54-56-58-60-64(68)65-62(61-66)63(67)59-57-55-53-51-49-47-45-43-41-24-22-20-18-16-14-12-10-8-6-4-2/h62-63,66-67H,3-61H2,1-2H3,(H,65,68). The second-order valence-corrected chi connectivity index (χ2v) is 22.6. The SMILES string of the molecule is CCCCCCCCCCCCCCCCCCCCCCCCCCCCCCCCCCCCCCC(=O)NC(CO)C(O)CCCCCCCCCCCCCCCCCCCCCC. The largest absolute Gasteiger partial charge is 0.394 e. The molecule has 0 heterocycles. The van der Waals surface area contributed by atoms with Gasteiger partial charge in [0.15, 0.2) is 0 Å². The third kappa shape index (κ3) is 56.3. The Bertz CT molecular complexity index is 910. The zero-order valence-corrected chi connectivity index (χ0v) is 47.2. The number of hydrogen-bond donors (Lipinski definition) is 3. The number of rotatable bonds is 61. The van der Waals surface area contributed by atoms with E-state index in [9.17, 15) is 15.0 Å². The van der Waals surface area contributed by atoms with Crippen LogP contribution in [0.3, 0.4) is 0 Å². The number of amides is 1. The van der Waals surface area contributed by atoms with Crippen molar-refractivity contribution in [1.82, 2.24) is 5.32 Å². The minimum atomic E-state index is -0.655. The fourth-order valence-corrected chi connectivity index (χ4v) is 10.7. The van der Waals surface area contributed by atoms with E-state index in [4.69, 9.17) is 0 Å². The van der Waals surface area contributed by atoms with Crippen molar-refractivity contribution >= 4 is 5.91 Å². The highest BCUT2D eigenvalue weighted by Gasteiger charge is 2.20. The monoisotopic (exact) mass is 960 g/mol. The molecule has 0 saturated carbocycles. The summed E-state index contributed by atoms with van der Waals surface area (Å²) < 4.78 is 0. The molecule has 2 atom stereocenters. The van der Waals surface area contributed by atoms with Crippen molar-refractivity contribution in [3.8, 4) is 0 Å². The molecular weight excluding hydrogens is 831 g/mol. The van der Waals surface area contributed by atoms with Crippen molar-refractivity contribution in [3.63, 3.8) is 0 Å². The highest BCUT2D eigenvalue weighted by molar-refractivity contribution is 5.76. The summed E-state index contributed by atoms with van der Waals surface area (Å²) >= 11 is 0. The Morgan fingerprint density at radius 1 is 0.294 bits per heavy atom. The molecule has 3 N–H and O–H groups in total. The molecule has 68 heavy (non-hydrogen) atoms. The van der Waals surface area contributed by atoms with E-state index in [0.29, 0.717) is 12.8 Å². The van der Waals surface area contributed by atoms with Gasteiger partial charge in [-0.2, -0.15) is 0 Å². The second-order valence-electron chi connectivity index (χ2n) is 22.6. The molecule has 2 unspecified atom stereocenters. The maximum atomic E-state index is 12.5. The number of hydrogen-bond acceptors (Lipinski definition) is 3. The first-order chi connectivity index (χ1) is 33.7. The molecule has 0 bridgehead atoms. The molecule has 0 rings (SSSR count). The smallest absolute Gasteiger partial charge is 0.220 e. The lowest BCUT2D eigenvalue weighted by atomic mass is 10.0. The van der Waals surface area contributed by atoms with Crippen molar-refractivity contribution in [2.45, 2.75) is 398 Å². The average Bonchev–Trinajstić information content (AvgIpc) is 3.34. The summed E-state index contributed by atoms with van der Waals surface area (Å²) in [6, 6.07) is -0.532. The van der Waals surface area contributed by atoms with Crippen LogP contribution in [0, 0.1) is 0 Å². The van der Waals surface area contributed by atoms with Crippen molar-refractivity contribution in [2.75, 3.05) is 6.61 Å². The van der Waals surface area contributed by atoms with Crippen LogP contribution in [0.2, 0.25) is 0 Å². The number of aliphatic hydroxyl groups excluding tert-OH is 2. The maximum Gasteiger partial charge on any atom is 0.220 e. The molecule has 0 aromatic rings. The summed E-state index contributed by atoms with van der Waals surface area (Å²) in [5, 5.41) is 23.4. The van der Waals surface area contributed by atoms with Gasteiger partial charge in [0.2, 0.25) is 5.91 Å². The molecule has 0 aliphatic carbocycles. The molecule has 0 fully saturated rings. The zero-order chi connectivity index (χ0) is 49.2. The van der Waals surface area contributed by atoms with Gasteiger partial charge in [-0.15, -0.1) is 0 Å². The topological polar surface area (TPSA) is 69.6 Å². The van der Waals surface area contributed by atoms with E-state index >= 15 is 0 Å². The predicted molar refractivity (Wildman–Crippen MR) is 304 cm³/mol. The van der Waals surface area contributed by atoms with Crippen molar-refractivity contribution in [3.05, 3.63) is 0 Å². The molecule has 0 aromatic carbocycles. The number of nitrogens with one attached hydrogen (secondary N) is 1. The van der Waals surface area contributed by atoms with Crippen molar-refractivity contribution in [2.24, 2.45) is 0 Å². The van der Waals surface area contributed by atoms with Gasteiger partial charge in [-0.3, -0.25) is 4.79 Å². The normalized spacial score (nSPS) is 12.6. The van der Waals surface area contributed by atoms with E-state index in [-0.39, 0.29) is 12.5 Å². The van der Waals surface area contributed by atoms with E-state index in [0.717, 1.165) is 25.7 Å². The Labute approximate surface area is 429 Å². The molecule has 0 spiro atoms. The highest BCUT2D eigenvalue weighted by atomic mass is 16.3. The number of carbonyl (C=O) groups is 1. The summed E-state index contributed by atoms with van der Waals surface area (Å²) in [5.74, 6) is -0.0206. The number of carbonyl (C=O) groups excluding carboxylic acids is 1. The van der Waals surface area contributed by atoms with Gasteiger partial charge in [0.1, 0.15) is 0 Å². The van der Waals surface area contributed by atoms with Crippen LogP contribution in [-0.4, -0.2) is 34.9 Å². The first-order valence-corrected chi connectivity index (χ1v) is 32.2. The average molecular weight is 961 g/mol. The minimum absolute atomic E-state index is 0.0206. The lowest BCUT2D eigenvalue weighted by Gasteiger charge is -2.22. The lowest BCUT2D eigenvalue weighted by Crippen LogP contribution is -2.45. The van der Waals surface area contributed by atoms with Crippen molar-refractivity contribution < 1.29 is 15.0 Å². The van der Waals surface area contributed by atoms with E-state index in [1.54, 1.807) is 0 Å². The molecule has 1 amide bonds. The van der Waals surface area contributed by atoms with Crippen LogP contribution >= 0.6 is 0 Å². The van der Waals surface area contributed by atoms with Gasteiger partial charge in [0, 0.05) is 6.42 Å². The Morgan fingerprint density at radius 2 is 0.471 bits per heavy atom. The maximum absolute atomic E-state index is 12.5. The fourth-order valence-electron chi connectivity index (χ4n) is 10.7. The molecular formula is C64H129NO3. The number of aliphatic hydroxyl groups is 2. The van der Waals surface area contributed by atoms with Gasteiger partial charge in [-0.25, -0.2) is 0 Å². The summed E-state index contributed by atoms with van der Waals surface area (Å²) in [7, 11) is 0. The first-order valence-electron chi connectivity index (χ1n) is 32.2. The van der Waals surface area contributed by atoms with Crippen LogP contribution in [0.15, 0.2) is 0 Å². The zero-order valence-electron chi connectivity index (χ0n) is 47.2. The third-order valence-electron chi connectivity index (χ3n) is 15.6.